The summed E-state index contributed by atoms with van der Waals surface area (Å²) < 4.78 is 0. The van der Waals surface area contributed by atoms with Gasteiger partial charge in [0.25, 0.3) is 5.91 Å². The number of para-hydroxylation sites is 1. The summed E-state index contributed by atoms with van der Waals surface area (Å²) in [6.07, 6.45) is 0. The molecule has 5 nitrogen and oxygen atoms in total. The van der Waals surface area contributed by atoms with Crippen LogP contribution >= 0.6 is 0 Å². The van der Waals surface area contributed by atoms with Crippen molar-refractivity contribution in [2.75, 3.05) is 12.3 Å². The molecule has 0 saturated carbocycles. The van der Waals surface area contributed by atoms with Crippen molar-refractivity contribution in [3.63, 3.8) is 0 Å². The van der Waals surface area contributed by atoms with Crippen molar-refractivity contribution in [1.29, 1.82) is 0 Å². The molecular weight excluding hydrogens is 254 g/mol. The van der Waals surface area contributed by atoms with Gasteiger partial charge in [0, 0.05) is 24.8 Å². The van der Waals surface area contributed by atoms with Crippen LogP contribution in [-0.2, 0) is 6.54 Å². The van der Waals surface area contributed by atoms with Gasteiger partial charge in [0.15, 0.2) is 0 Å². The molecule has 1 aromatic carbocycles. The number of rotatable bonds is 4. The molecule has 20 heavy (non-hydrogen) atoms. The van der Waals surface area contributed by atoms with Crippen LogP contribution in [0, 0.1) is 0 Å². The van der Waals surface area contributed by atoms with Gasteiger partial charge < -0.3 is 15.6 Å². The first-order valence-corrected chi connectivity index (χ1v) is 6.44. The van der Waals surface area contributed by atoms with Crippen molar-refractivity contribution < 1.29 is 4.79 Å². The van der Waals surface area contributed by atoms with Gasteiger partial charge in [0.1, 0.15) is 5.69 Å². The van der Waals surface area contributed by atoms with E-state index in [1.165, 1.54) is 6.07 Å². The maximum atomic E-state index is 12.4. The van der Waals surface area contributed by atoms with Gasteiger partial charge in [-0.05, 0) is 24.6 Å². The van der Waals surface area contributed by atoms with E-state index < -0.39 is 0 Å². The van der Waals surface area contributed by atoms with Crippen LogP contribution in [0.5, 0.6) is 0 Å². The SMILES string of the molecule is CCN(Cc1ccccc1N)C(=O)c1cccc(=O)[nH]1. The van der Waals surface area contributed by atoms with Crippen molar-refractivity contribution in [3.05, 3.63) is 64.1 Å². The van der Waals surface area contributed by atoms with E-state index in [0.29, 0.717) is 18.8 Å². The number of H-pyrrole nitrogens is 1. The van der Waals surface area contributed by atoms with Crippen LogP contribution in [0.2, 0.25) is 0 Å². The number of amides is 1. The van der Waals surface area contributed by atoms with Crippen LogP contribution in [0.15, 0.2) is 47.3 Å². The topological polar surface area (TPSA) is 79.2 Å². The van der Waals surface area contributed by atoms with E-state index in [-0.39, 0.29) is 17.2 Å². The molecule has 0 aliphatic heterocycles. The molecule has 0 atom stereocenters. The molecule has 1 aromatic heterocycles. The van der Waals surface area contributed by atoms with Crippen LogP contribution in [-0.4, -0.2) is 22.3 Å². The van der Waals surface area contributed by atoms with Gasteiger partial charge in [-0.25, -0.2) is 0 Å². The zero-order valence-corrected chi connectivity index (χ0v) is 11.3. The summed E-state index contributed by atoms with van der Waals surface area (Å²) in [4.78, 5) is 27.8. The third-order valence-electron chi connectivity index (χ3n) is 3.08. The minimum atomic E-state index is -0.286. The number of pyridine rings is 1. The lowest BCUT2D eigenvalue weighted by Gasteiger charge is -2.21. The highest BCUT2D eigenvalue weighted by molar-refractivity contribution is 5.92. The molecule has 0 radical (unpaired) electrons. The summed E-state index contributed by atoms with van der Waals surface area (Å²) in [7, 11) is 0. The number of carbonyl (C=O) groups excluding carboxylic acids is 1. The lowest BCUT2D eigenvalue weighted by molar-refractivity contribution is 0.0746. The number of hydrogen-bond acceptors (Lipinski definition) is 3. The van der Waals surface area contributed by atoms with Crippen LogP contribution in [0.25, 0.3) is 0 Å². The number of nitrogen functional groups attached to an aromatic ring is 1. The van der Waals surface area contributed by atoms with Crippen molar-refractivity contribution in [1.82, 2.24) is 9.88 Å². The second-order valence-corrected chi connectivity index (χ2v) is 4.45. The number of benzene rings is 1. The van der Waals surface area contributed by atoms with E-state index in [0.717, 1.165) is 5.56 Å². The summed E-state index contributed by atoms with van der Waals surface area (Å²) in [5.41, 5.74) is 7.43. The Morgan fingerprint density at radius 1 is 1.20 bits per heavy atom. The molecule has 0 spiro atoms. The van der Waals surface area contributed by atoms with Crippen LogP contribution in [0.1, 0.15) is 23.0 Å². The Morgan fingerprint density at radius 2 is 1.95 bits per heavy atom. The largest absolute Gasteiger partial charge is 0.398 e. The molecule has 104 valence electrons. The summed E-state index contributed by atoms with van der Waals surface area (Å²) in [6, 6.07) is 12.0. The van der Waals surface area contributed by atoms with E-state index in [4.69, 9.17) is 5.73 Å². The third kappa shape index (κ3) is 3.06. The number of nitrogens with two attached hydrogens (primary N) is 1. The van der Waals surface area contributed by atoms with E-state index in [1.54, 1.807) is 23.1 Å². The number of hydrogen-bond donors (Lipinski definition) is 2. The minimum Gasteiger partial charge on any atom is -0.398 e. The molecule has 2 rings (SSSR count). The van der Waals surface area contributed by atoms with Crippen LogP contribution < -0.4 is 11.3 Å². The lowest BCUT2D eigenvalue weighted by atomic mass is 10.1. The number of anilines is 1. The fraction of sp³-hybridized carbons (Fsp3) is 0.200. The van der Waals surface area contributed by atoms with E-state index in [1.807, 2.05) is 25.1 Å². The zero-order valence-electron chi connectivity index (χ0n) is 11.3. The van der Waals surface area contributed by atoms with Gasteiger partial charge in [-0.3, -0.25) is 9.59 Å². The molecule has 5 heteroatoms. The predicted octanol–water partition coefficient (Wildman–Crippen LogP) is 1.62. The zero-order chi connectivity index (χ0) is 14.5. The van der Waals surface area contributed by atoms with Crippen molar-refractivity contribution in [3.8, 4) is 0 Å². The highest BCUT2D eigenvalue weighted by Crippen LogP contribution is 2.14. The Morgan fingerprint density at radius 3 is 2.60 bits per heavy atom. The fourth-order valence-electron chi connectivity index (χ4n) is 1.95. The van der Waals surface area contributed by atoms with Gasteiger partial charge in [-0.1, -0.05) is 24.3 Å². The van der Waals surface area contributed by atoms with Crippen molar-refractivity contribution in [2.45, 2.75) is 13.5 Å². The maximum absolute atomic E-state index is 12.4. The molecule has 0 aliphatic rings. The number of nitrogens with one attached hydrogen (secondary N) is 1. The highest BCUT2D eigenvalue weighted by atomic mass is 16.2. The van der Waals surface area contributed by atoms with Gasteiger partial charge in [0.2, 0.25) is 5.56 Å². The Labute approximate surface area is 117 Å². The fourth-order valence-corrected chi connectivity index (χ4v) is 1.95. The first-order valence-electron chi connectivity index (χ1n) is 6.44. The number of carbonyl (C=O) groups is 1. The first kappa shape index (κ1) is 13.9. The Bertz CT molecular complexity index is 664. The van der Waals surface area contributed by atoms with Crippen LogP contribution in [0.3, 0.4) is 0 Å². The van der Waals surface area contributed by atoms with Gasteiger partial charge in [-0.15, -0.1) is 0 Å². The maximum Gasteiger partial charge on any atom is 0.270 e. The summed E-state index contributed by atoms with van der Waals surface area (Å²) in [5, 5.41) is 0. The Kier molecular flexibility index (Phi) is 4.20. The smallest absolute Gasteiger partial charge is 0.270 e. The monoisotopic (exact) mass is 271 g/mol. The van der Waals surface area contributed by atoms with Crippen molar-refractivity contribution >= 4 is 11.6 Å². The quantitative estimate of drug-likeness (QED) is 0.829. The Balaban J connectivity index is 2.22. The van der Waals surface area contributed by atoms with Gasteiger partial charge in [0.05, 0.1) is 0 Å². The molecule has 3 N–H and O–H groups in total. The van der Waals surface area contributed by atoms with Gasteiger partial charge in [-0.2, -0.15) is 0 Å². The molecule has 0 aliphatic carbocycles. The van der Waals surface area contributed by atoms with Crippen LogP contribution in [0.4, 0.5) is 5.69 Å². The number of nitrogens with zero attached hydrogens (tertiary/aromatic N) is 1. The van der Waals surface area contributed by atoms with E-state index >= 15 is 0 Å². The second kappa shape index (κ2) is 6.06. The molecule has 1 heterocycles. The molecule has 1 amide bonds. The predicted molar refractivity (Wildman–Crippen MR) is 78.3 cm³/mol. The molecule has 0 unspecified atom stereocenters. The number of aromatic amines is 1. The second-order valence-electron chi connectivity index (χ2n) is 4.45. The first-order chi connectivity index (χ1) is 9.61. The molecule has 0 fully saturated rings. The van der Waals surface area contributed by atoms with E-state index in [2.05, 4.69) is 4.98 Å². The number of aromatic nitrogens is 1. The lowest BCUT2D eigenvalue weighted by Crippen LogP contribution is -2.32. The summed E-state index contributed by atoms with van der Waals surface area (Å²) >= 11 is 0. The average molecular weight is 271 g/mol. The third-order valence-corrected chi connectivity index (χ3v) is 3.08. The highest BCUT2D eigenvalue weighted by Gasteiger charge is 2.16. The summed E-state index contributed by atoms with van der Waals surface area (Å²) in [5.74, 6) is -0.214. The Hall–Kier alpha value is -2.56. The average Bonchev–Trinajstić information content (AvgIpc) is 2.46. The minimum absolute atomic E-state index is 0.214. The molecule has 0 saturated heterocycles. The van der Waals surface area contributed by atoms with Crippen molar-refractivity contribution in [2.24, 2.45) is 0 Å². The standard InChI is InChI=1S/C15H17N3O2/c1-2-18(10-11-6-3-4-7-12(11)16)15(20)13-8-5-9-14(19)17-13/h3-9H,2,10,16H2,1H3,(H,17,19). The van der Waals surface area contributed by atoms with Gasteiger partial charge >= 0.3 is 0 Å². The summed E-state index contributed by atoms with van der Waals surface area (Å²) in [6.45, 7) is 2.83. The molecule has 0 bridgehead atoms. The van der Waals surface area contributed by atoms with E-state index in [9.17, 15) is 9.59 Å². The molecule has 2 aromatic rings. The normalized spacial score (nSPS) is 10.2. The molecular formula is C15H17N3O2.